The Balaban J connectivity index is 2.77. The molecule has 0 aromatic carbocycles. The number of likely N-dealkylation sites (N-methyl/N-ethyl adjacent to an activating group) is 1. The van der Waals surface area contributed by atoms with Crippen LogP contribution in [0.5, 0.6) is 0 Å². The summed E-state index contributed by atoms with van der Waals surface area (Å²) in [5, 5.41) is 18.7. The van der Waals surface area contributed by atoms with Gasteiger partial charge in [-0.25, -0.2) is 9.37 Å². The van der Waals surface area contributed by atoms with Crippen molar-refractivity contribution in [3.63, 3.8) is 0 Å². The zero-order valence-corrected chi connectivity index (χ0v) is 9.93. The molecule has 1 aromatic heterocycles. The lowest BCUT2D eigenvalue weighted by atomic mass is 10.2. The molecular weight excluding hydrogens is 227 g/mol. The fourth-order valence-corrected chi connectivity index (χ4v) is 1.58. The Morgan fingerprint density at radius 3 is 2.88 bits per heavy atom. The second-order valence-corrected chi connectivity index (χ2v) is 3.78. The number of aliphatic hydroxyl groups is 2. The van der Waals surface area contributed by atoms with Crippen LogP contribution in [0.3, 0.4) is 0 Å². The highest BCUT2D eigenvalue weighted by Crippen LogP contribution is 2.17. The lowest BCUT2D eigenvalue weighted by Crippen LogP contribution is -2.33. The average Bonchev–Trinajstić information content (AvgIpc) is 2.28. The Hall–Kier alpha value is -1.24. The molecule has 0 radical (unpaired) electrons. The maximum Gasteiger partial charge on any atom is 0.142 e. The first-order valence-electron chi connectivity index (χ1n) is 5.22. The normalized spacial score (nSPS) is 12.5. The number of aliphatic hydroxyl groups excluding tert-OH is 2. The van der Waals surface area contributed by atoms with Gasteiger partial charge in [0.15, 0.2) is 0 Å². The van der Waals surface area contributed by atoms with Gasteiger partial charge in [0.2, 0.25) is 0 Å². The predicted molar refractivity (Wildman–Crippen MR) is 61.3 cm³/mol. The lowest BCUT2D eigenvalue weighted by molar-refractivity contribution is 0.0693. The van der Waals surface area contributed by atoms with Crippen LogP contribution in [0.25, 0.3) is 0 Å². The number of pyridine rings is 1. The number of methoxy groups -OCH3 is 1. The van der Waals surface area contributed by atoms with Crippen LogP contribution in [0.4, 0.5) is 10.2 Å². The molecule has 0 saturated heterocycles. The number of nitrogens with zero attached hydrogens (tertiary/aromatic N) is 2. The van der Waals surface area contributed by atoms with Gasteiger partial charge in [0.25, 0.3) is 0 Å². The van der Waals surface area contributed by atoms with E-state index < -0.39 is 11.9 Å². The monoisotopic (exact) mass is 244 g/mol. The Morgan fingerprint density at radius 2 is 2.29 bits per heavy atom. The standard InChI is InChI=1S/C11H17FN2O3/c1-14(5-10(16)7-17-2)11-8(6-15)3-9(12)4-13-11/h3-4,10,15-16H,5-7H2,1-2H3. The van der Waals surface area contributed by atoms with E-state index in [1.54, 1.807) is 11.9 Å². The minimum absolute atomic E-state index is 0.208. The van der Waals surface area contributed by atoms with E-state index in [2.05, 4.69) is 4.98 Å². The van der Waals surface area contributed by atoms with Gasteiger partial charge in [-0.05, 0) is 6.07 Å². The summed E-state index contributed by atoms with van der Waals surface area (Å²) in [5.41, 5.74) is 0.386. The van der Waals surface area contributed by atoms with E-state index in [0.29, 0.717) is 17.9 Å². The number of rotatable bonds is 6. The molecular formula is C11H17FN2O3. The molecule has 0 fully saturated rings. The molecule has 0 aliphatic heterocycles. The minimum Gasteiger partial charge on any atom is -0.392 e. The number of ether oxygens (including phenoxy) is 1. The maximum absolute atomic E-state index is 12.9. The predicted octanol–water partition coefficient (Wildman–Crippen LogP) is 0.156. The second-order valence-electron chi connectivity index (χ2n) is 3.78. The molecule has 1 rings (SSSR count). The summed E-state index contributed by atoms with van der Waals surface area (Å²) in [6.07, 6.45) is 0.414. The van der Waals surface area contributed by atoms with Crippen molar-refractivity contribution >= 4 is 5.82 Å². The Kier molecular flexibility index (Phi) is 5.27. The molecule has 0 bridgehead atoms. The number of halogens is 1. The van der Waals surface area contributed by atoms with Gasteiger partial charge < -0.3 is 19.8 Å². The molecule has 1 unspecified atom stereocenters. The first-order valence-corrected chi connectivity index (χ1v) is 5.22. The van der Waals surface area contributed by atoms with Crippen molar-refractivity contribution in [2.24, 2.45) is 0 Å². The third-order valence-electron chi connectivity index (χ3n) is 2.29. The van der Waals surface area contributed by atoms with E-state index in [4.69, 9.17) is 9.84 Å². The van der Waals surface area contributed by atoms with Gasteiger partial charge in [-0.2, -0.15) is 0 Å². The van der Waals surface area contributed by atoms with Gasteiger partial charge >= 0.3 is 0 Å². The van der Waals surface area contributed by atoms with Crippen LogP contribution in [0.1, 0.15) is 5.56 Å². The number of hydrogen-bond donors (Lipinski definition) is 2. The van der Waals surface area contributed by atoms with Crippen LogP contribution in [-0.2, 0) is 11.3 Å². The molecule has 0 spiro atoms. The Labute approximate surface area is 99.5 Å². The molecule has 0 aliphatic rings. The average molecular weight is 244 g/mol. The van der Waals surface area contributed by atoms with Crippen molar-refractivity contribution < 1.29 is 19.3 Å². The van der Waals surface area contributed by atoms with Crippen LogP contribution in [0, 0.1) is 5.82 Å². The van der Waals surface area contributed by atoms with E-state index in [0.717, 1.165) is 6.20 Å². The fraction of sp³-hybridized carbons (Fsp3) is 0.545. The van der Waals surface area contributed by atoms with E-state index in [1.165, 1.54) is 13.2 Å². The summed E-state index contributed by atoms with van der Waals surface area (Å²) in [6, 6.07) is 1.22. The highest BCUT2D eigenvalue weighted by molar-refractivity contribution is 5.45. The molecule has 17 heavy (non-hydrogen) atoms. The summed E-state index contributed by atoms with van der Waals surface area (Å²) in [7, 11) is 3.21. The molecule has 2 N–H and O–H groups in total. The summed E-state index contributed by atoms with van der Waals surface area (Å²) >= 11 is 0. The smallest absolute Gasteiger partial charge is 0.142 e. The third kappa shape index (κ3) is 3.92. The molecule has 1 aromatic rings. The van der Waals surface area contributed by atoms with E-state index >= 15 is 0 Å². The quantitative estimate of drug-likeness (QED) is 0.746. The zero-order valence-electron chi connectivity index (χ0n) is 9.93. The van der Waals surface area contributed by atoms with Crippen molar-refractivity contribution in [3.05, 3.63) is 23.6 Å². The number of anilines is 1. The fourth-order valence-electron chi connectivity index (χ4n) is 1.58. The Morgan fingerprint density at radius 1 is 1.59 bits per heavy atom. The molecule has 96 valence electrons. The molecule has 1 atom stereocenters. The van der Waals surface area contributed by atoms with Crippen molar-refractivity contribution in [3.8, 4) is 0 Å². The maximum atomic E-state index is 12.9. The van der Waals surface area contributed by atoms with E-state index in [9.17, 15) is 9.50 Å². The summed E-state index contributed by atoms with van der Waals surface area (Å²) in [6.45, 7) is 0.199. The number of hydrogen-bond acceptors (Lipinski definition) is 5. The lowest BCUT2D eigenvalue weighted by Gasteiger charge is -2.23. The molecule has 1 heterocycles. The summed E-state index contributed by atoms with van der Waals surface area (Å²) in [4.78, 5) is 5.55. The number of aromatic nitrogens is 1. The molecule has 0 aliphatic carbocycles. The van der Waals surface area contributed by atoms with Crippen LogP contribution in [0.15, 0.2) is 12.3 Å². The van der Waals surface area contributed by atoms with Crippen LogP contribution in [-0.4, -0.2) is 48.6 Å². The molecule has 0 amide bonds. The van der Waals surface area contributed by atoms with Crippen molar-refractivity contribution in [1.82, 2.24) is 4.98 Å². The van der Waals surface area contributed by atoms with Gasteiger partial charge in [0.1, 0.15) is 11.6 Å². The van der Waals surface area contributed by atoms with E-state index in [-0.39, 0.29) is 13.2 Å². The van der Waals surface area contributed by atoms with Gasteiger partial charge in [0.05, 0.1) is 25.5 Å². The summed E-state index contributed by atoms with van der Waals surface area (Å²) in [5.74, 6) is -0.0484. The van der Waals surface area contributed by atoms with Crippen molar-refractivity contribution in [2.75, 3.05) is 32.2 Å². The van der Waals surface area contributed by atoms with Crippen LogP contribution >= 0.6 is 0 Å². The Bertz CT molecular complexity index is 363. The van der Waals surface area contributed by atoms with Crippen molar-refractivity contribution in [1.29, 1.82) is 0 Å². The third-order valence-corrected chi connectivity index (χ3v) is 2.29. The molecule has 6 heteroatoms. The van der Waals surface area contributed by atoms with Crippen LogP contribution < -0.4 is 4.90 Å². The SMILES string of the molecule is COCC(O)CN(C)c1ncc(F)cc1CO. The van der Waals surface area contributed by atoms with Crippen molar-refractivity contribution in [2.45, 2.75) is 12.7 Å². The van der Waals surface area contributed by atoms with Gasteiger partial charge in [-0.15, -0.1) is 0 Å². The zero-order chi connectivity index (χ0) is 12.8. The van der Waals surface area contributed by atoms with E-state index in [1.807, 2.05) is 0 Å². The minimum atomic E-state index is -0.664. The second kappa shape index (κ2) is 6.48. The molecule has 5 nitrogen and oxygen atoms in total. The largest absolute Gasteiger partial charge is 0.392 e. The topological polar surface area (TPSA) is 65.8 Å². The van der Waals surface area contributed by atoms with Gasteiger partial charge in [-0.1, -0.05) is 0 Å². The molecule has 0 saturated carbocycles. The highest BCUT2D eigenvalue weighted by Gasteiger charge is 2.13. The van der Waals surface area contributed by atoms with Gasteiger partial charge in [-0.3, -0.25) is 0 Å². The first kappa shape index (κ1) is 13.8. The van der Waals surface area contributed by atoms with Gasteiger partial charge in [0, 0.05) is 26.3 Å². The first-order chi connectivity index (χ1) is 8.08. The summed E-state index contributed by atoms with van der Waals surface area (Å²) < 4.78 is 17.7. The highest BCUT2D eigenvalue weighted by atomic mass is 19.1. The van der Waals surface area contributed by atoms with Crippen LogP contribution in [0.2, 0.25) is 0 Å².